The molecule has 1 aliphatic rings. The van der Waals surface area contributed by atoms with Crippen LogP contribution in [0.2, 0.25) is 0 Å². The van der Waals surface area contributed by atoms with Gasteiger partial charge in [-0.05, 0) is 42.8 Å². The lowest BCUT2D eigenvalue weighted by atomic mass is 10.0. The number of hydrogen-bond donors (Lipinski definition) is 2. The number of ether oxygens (including phenoxy) is 1. The minimum atomic E-state index is -0.639. The maximum Gasteiger partial charge on any atom is 0.414 e. The summed E-state index contributed by atoms with van der Waals surface area (Å²) in [5, 5.41) is 26.2. The molecule has 3 aromatic rings. The summed E-state index contributed by atoms with van der Waals surface area (Å²) in [6.07, 6.45) is 2.43. The quantitative estimate of drug-likeness (QED) is 0.253. The maximum atomic E-state index is 15.0. The largest absolute Gasteiger partial charge is 0.442 e. The molecule has 12 heteroatoms. The third kappa shape index (κ3) is 5.80. The molecule has 0 bridgehead atoms. The lowest BCUT2D eigenvalue weighted by Gasteiger charge is -2.16. The smallest absolute Gasteiger partial charge is 0.414 e. The molecule has 0 saturated carbocycles. The minimum Gasteiger partial charge on any atom is -0.442 e. The molecule has 1 saturated heterocycles. The number of nitro benzene ring substituents is 1. The van der Waals surface area contributed by atoms with Crippen LogP contribution in [-0.4, -0.2) is 51.6 Å². The van der Waals surface area contributed by atoms with Crippen molar-refractivity contribution in [2.24, 2.45) is 0 Å². The van der Waals surface area contributed by atoms with E-state index in [0.29, 0.717) is 5.69 Å². The molecule has 2 amide bonds. The molecule has 4 rings (SSSR count). The second-order valence-electron chi connectivity index (χ2n) is 8.76. The lowest BCUT2D eigenvalue weighted by molar-refractivity contribution is -0.384. The summed E-state index contributed by atoms with van der Waals surface area (Å²) in [5.74, 6) is -0.879. The Hall–Kier alpha value is -4.61. The van der Waals surface area contributed by atoms with Crippen LogP contribution in [-0.2, 0) is 9.53 Å². The Morgan fingerprint density at radius 2 is 2.03 bits per heavy atom. The number of anilines is 1. The SMILES string of the molecule is CC(=O)NC[C@H]1CN(c2ccc(C(=N)C[C@@H](C)n3cc(-c4ccc([N+](=O)[O-])cc4)cn3)c(F)c2)C(=O)O1. The number of nitrogens with one attached hydrogen (secondary N) is 2. The standard InChI is InChI=1S/C25H25FN6O5/c1-15(31-13-18(11-29-31)17-3-5-19(6-4-17)32(35)36)9-24(27)22-8-7-20(10-23(22)26)30-14-21(37-25(30)34)12-28-16(2)33/h3-8,10-11,13,15,21,27H,9,12,14H2,1-2H3,(H,28,33)/t15-,21+/m1/s1. The number of aromatic nitrogens is 2. The topological polar surface area (TPSA) is 143 Å². The van der Waals surface area contributed by atoms with Crippen molar-refractivity contribution in [3.05, 3.63) is 76.4 Å². The van der Waals surface area contributed by atoms with Gasteiger partial charge < -0.3 is 15.5 Å². The summed E-state index contributed by atoms with van der Waals surface area (Å²) < 4.78 is 21.8. The normalized spacial score (nSPS) is 15.8. The number of hydrogen-bond acceptors (Lipinski definition) is 7. The van der Waals surface area contributed by atoms with Crippen molar-refractivity contribution in [2.45, 2.75) is 32.4 Å². The van der Waals surface area contributed by atoms with Crippen molar-refractivity contribution in [3.8, 4) is 11.1 Å². The first kappa shape index (κ1) is 25.5. The van der Waals surface area contributed by atoms with E-state index in [2.05, 4.69) is 10.4 Å². The number of rotatable bonds is 9. The lowest BCUT2D eigenvalue weighted by Crippen LogP contribution is -2.33. The van der Waals surface area contributed by atoms with Gasteiger partial charge in [0.1, 0.15) is 11.9 Å². The molecular formula is C25H25FN6O5. The van der Waals surface area contributed by atoms with Crippen molar-refractivity contribution in [1.82, 2.24) is 15.1 Å². The van der Waals surface area contributed by atoms with Crippen molar-refractivity contribution in [1.29, 1.82) is 5.41 Å². The van der Waals surface area contributed by atoms with Crippen LogP contribution in [0.3, 0.4) is 0 Å². The number of cyclic esters (lactones) is 1. The Morgan fingerprint density at radius 1 is 1.30 bits per heavy atom. The molecular weight excluding hydrogens is 483 g/mol. The van der Waals surface area contributed by atoms with Crippen molar-refractivity contribution in [3.63, 3.8) is 0 Å². The molecule has 2 N–H and O–H groups in total. The van der Waals surface area contributed by atoms with Gasteiger partial charge in [0.25, 0.3) is 5.69 Å². The highest BCUT2D eigenvalue weighted by atomic mass is 19.1. The molecule has 1 aromatic heterocycles. The van der Waals surface area contributed by atoms with E-state index in [1.807, 2.05) is 6.92 Å². The summed E-state index contributed by atoms with van der Waals surface area (Å²) in [5.41, 5.74) is 2.01. The van der Waals surface area contributed by atoms with E-state index in [9.17, 15) is 24.1 Å². The molecule has 1 fully saturated rings. The first-order chi connectivity index (χ1) is 17.6. The number of carbonyl (C=O) groups excluding carboxylic acids is 2. The van der Waals surface area contributed by atoms with Crippen LogP contribution >= 0.6 is 0 Å². The first-order valence-electron chi connectivity index (χ1n) is 11.5. The minimum absolute atomic E-state index is 0.00238. The predicted octanol–water partition coefficient (Wildman–Crippen LogP) is 4.08. The third-order valence-electron chi connectivity index (χ3n) is 6.01. The van der Waals surface area contributed by atoms with Gasteiger partial charge in [0.2, 0.25) is 5.91 Å². The van der Waals surface area contributed by atoms with E-state index in [1.165, 1.54) is 36.1 Å². The number of nitrogens with zero attached hydrogens (tertiary/aromatic N) is 4. The molecule has 2 atom stereocenters. The van der Waals surface area contributed by atoms with Crippen molar-refractivity contribution < 1.29 is 23.6 Å². The summed E-state index contributed by atoms with van der Waals surface area (Å²) in [6, 6.07) is 10.1. The zero-order chi connectivity index (χ0) is 26.7. The van der Waals surface area contributed by atoms with Gasteiger partial charge in [0.05, 0.1) is 35.9 Å². The second kappa shape index (κ2) is 10.6. The van der Waals surface area contributed by atoms with Crippen LogP contribution in [0.1, 0.15) is 31.9 Å². The summed E-state index contributed by atoms with van der Waals surface area (Å²) in [7, 11) is 0. The van der Waals surface area contributed by atoms with Gasteiger partial charge >= 0.3 is 6.09 Å². The highest BCUT2D eigenvalue weighted by molar-refractivity contribution is 5.99. The molecule has 0 unspecified atom stereocenters. The van der Waals surface area contributed by atoms with Crippen molar-refractivity contribution in [2.75, 3.05) is 18.0 Å². The monoisotopic (exact) mass is 508 g/mol. The number of nitro groups is 1. The highest BCUT2D eigenvalue weighted by Crippen LogP contribution is 2.27. The first-order valence-corrected chi connectivity index (χ1v) is 11.5. The van der Waals surface area contributed by atoms with Gasteiger partial charge in [0, 0.05) is 48.5 Å². The number of amides is 2. The van der Waals surface area contributed by atoms with E-state index >= 15 is 0 Å². The molecule has 37 heavy (non-hydrogen) atoms. The van der Waals surface area contributed by atoms with Gasteiger partial charge in [-0.15, -0.1) is 0 Å². The van der Waals surface area contributed by atoms with Crippen LogP contribution in [0, 0.1) is 21.3 Å². The zero-order valence-corrected chi connectivity index (χ0v) is 20.2. The predicted molar refractivity (Wildman–Crippen MR) is 133 cm³/mol. The Bertz CT molecular complexity index is 1360. The van der Waals surface area contributed by atoms with E-state index in [1.54, 1.807) is 35.3 Å². The van der Waals surface area contributed by atoms with Crippen LogP contribution in [0.25, 0.3) is 11.1 Å². The number of halogens is 1. The fraction of sp³-hybridized carbons (Fsp3) is 0.280. The fourth-order valence-electron chi connectivity index (χ4n) is 4.02. The van der Waals surface area contributed by atoms with E-state index in [0.717, 1.165) is 11.1 Å². The molecule has 0 spiro atoms. The zero-order valence-electron chi connectivity index (χ0n) is 20.2. The van der Waals surface area contributed by atoms with Crippen LogP contribution < -0.4 is 10.2 Å². The summed E-state index contributed by atoms with van der Waals surface area (Å²) in [4.78, 5) is 35.0. The van der Waals surface area contributed by atoms with Crippen LogP contribution in [0.15, 0.2) is 54.9 Å². The second-order valence-corrected chi connectivity index (χ2v) is 8.76. The van der Waals surface area contributed by atoms with Crippen LogP contribution in [0.5, 0.6) is 0 Å². The average Bonchev–Trinajstić information content (AvgIpc) is 3.50. The fourth-order valence-corrected chi connectivity index (χ4v) is 4.02. The Labute approximate surface area is 211 Å². The van der Waals surface area contributed by atoms with Crippen molar-refractivity contribution >= 4 is 29.1 Å². The number of carbonyl (C=O) groups is 2. The summed E-state index contributed by atoms with van der Waals surface area (Å²) >= 11 is 0. The molecule has 0 aliphatic carbocycles. The molecule has 1 aliphatic heterocycles. The van der Waals surface area contributed by atoms with E-state index in [4.69, 9.17) is 10.1 Å². The number of benzene rings is 2. The highest BCUT2D eigenvalue weighted by Gasteiger charge is 2.32. The molecule has 2 aromatic carbocycles. The molecule has 2 heterocycles. The average molecular weight is 509 g/mol. The molecule has 11 nitrogen and oxygen atoms in total. The Morgan fingerprint density at radius 3 is 2.68 bits per heavy atom. The van der Waals surface area contributed by atoms with Gasteiger partial charge in [-0.3, -0.25) is 24.5 Å². The van der Waals surface area contributed by atoms with Gasteiger partial charge in [-0.2, -0.15) is 5.10 Å². The van der Waals surface area contributed by atoms with E-state index < -0.39 is 22.9 Å². The van der Waals surface area contributed by atoms with Gasteiger partial charge in [0.15, 0.2) is 0 Å². The maximum absolute atomic E-state index is 15.0. The van der Waals surface area contributed by atoms with Crippen LogP contribution in [0.4, 0.5) is 20.6 Å². The molecule has 192 valence electrons. The molecule has 0 radical (unpaired) electrons. The Balaban J connectivity index is 1.40. The number of non-ortho nitro benzene ring substituents is 1. The Kier molecular flexibility index (Phi) is 7.27. The summed E-state index contributed by atoms with van der Waals surface area (Å²) in [6.45, 7) is 3.55. The van der Waals surface area contributed by atoms with Gasteiger partial charge in [-0.25, -0.2) is 9.18 Å². The third-order valence-corrected chi connectivity index (χ3v) is 6.01. The van der Waals surface area contributed by atoms with E-state index in [-0.39, 0.29) is 48.4 Å². The van der Waals surface area contributed by atoms with Gasteiger partial charge in [-0.1, -0.05) is 0 Å².